The lowest BCUT2D eigenvalue weighted by Gasteiger charge is -2.33. The second-order valence-electron chi connectivity index (χ2n) is 8.20. The number of rotatable bonds is 5. The van der Waals surface area contributed by atoms with E-state index in [2.05, 4.69) is 11.9 Å². The van der Waals surface area contributed by atoms with E-state index in [0.29, 0.717) is 17.8 Å². The lowest BCUT2D eigenvalue weighted by molar-refractivity contribution is -0.141. The number of benzene rings is 1. The van der Waals surface area contributed by atoms with Crippen LogP contribution in [0.5, 0.6) is 0 Å². The zero-order chi connectivity index (χ0) is 21.4. The van der Waals surface area contributed by atoms with Crippen molar-refractivity contribution < 1.29 is 14.4 Å². The summed E-state index contributed by atoms with van der Waals surface area (Å²) in [6, 6.07) is 6.44. The molecule has 1 N–H and O–H groups in total. The number of nitrogens with one attached hydrogen (secondary N) is 1. The summed E-state index contributed by atoms with van der Waals surface area (Å²) in [5.41, 5.74) is 3.12. The van der Waals surface area contributed by atoms with Crippen LogP contribution in [0.4, 0.5) is 4.79 Å². The first-order valence-corrected chi connectivity index (χ1v) is 10.5. The van der Waals surface area contributed by atoms with Gasteiger partial charge in [0.15, 0.2) is 0 Å². The minimum atomic E-state index is -0.569. The molecule has 1 fully saturated rings. The van der Waals surface area contributed by atoms with Gasteiger partial charge in [-0.2, -0.15) is 0 Å². The summed E-state index contributed by atoms with van der Waals surface area (Å²) < 4.78 is 0. The highest BCUT2D eigenvalue weighted by molar-refractivity contribution is 6.03. The number of likely N-dealkylation sites (tertiary alicyclic amines) is 1. The number of amides is 4. The Morgan fingerprint density at radius 1 is 1.30 bits per heavy atom. The summed E-state index contributed by atoms with van der Waals surface area (Å²) >= 11 is 0. The summed E-state index contributed by atoms with van der Waals surface area (Å²) in [7, 11) is 0. The minimum Gasteiger partial charge on any atom is -0.341 e. The average Bonchev–Trinajstić information content (AvgIpc) is 3.37. The molecule has 3 aliphatic heterocycles. The van der Waals surface area contributed by atoms with Crippen LogP contribution >= 0.6 is 0 Å². The number of carbonyl (C=O) groups excluding carboxylic acids is 3. The topological polar surface area (TPSA) is 73.0 Å². The van der Waals surface area contributed by atoms with E-state index in [1.165, 1.54) is 0 Å². The van der Waals surface area contributed by atoms with E-state index in [1.807, 2.05) is 36.1 Å². The Balaban J connectivity index is 1.69. The fourth-order valence-corrected chi connectivity index (χ4v) is 4.58. The van der Waals surface area contributed by atoms with Crippen molar-refractivity contribution in [2.45, 2.75) is 38.8 Å². The van der Waals surface area contributed by atoms with Crippen molar-refractivity contribution in [3.8, 4) is 0 Å². The van der Waals surface area contributed by atoms with Crippen LogP contribution in [0.2, 0.25) is 0 Å². The molecule has 1 aromatic carbocycles. The number of hydrogen-bond acceptors (Lipinski definition) is 3. The molecular formula is C23H28N4O3. The molecule has 3 aliphatic rings. The van der Waals surface area contributed by atoms with Gasteiger partial charge in [0.1, 0.15) is 6.04 Å². The third kappa shape index (κ3) is 3.38. The van der Waals surface area contributed by atoms with E-state index in [1.54, 1.807) is 22.8 Å². The summed E-state index contributed by atoms with van der Waals surface area (Å²) in [5, 5.41) is 2.98. The Bertz CT molecular complexity index is 932. The molecule has 0 aromatic heterocycles. The summed E-state index contributed by atoms with van der Waals surface area (Å²) in [6.45, 7) is 9.55. The number of urea groups is 1. The predicted molar refractivity (Wildman–Crippen MR) is 113 cm³/mol. The molecule has 2 unspecified atom stereocenters. The maximum atomic E-state index is 13.5. The molecule has 0 radical (unpaired) electrons. The SMILES string of the molecule is C=CCN1C(=O)NC(c2cccc(C)c2)C2=C1CN(C(C)C(=O)N1CCCC1)C2=O. The van der Waals surface area contributed by atoms with Gasteiger partial charge in [-0.15, -0.1) is 6.58 Å². The van der Waals surface area contributed by atoms with Crippen LogP contribution in [0, 0.1) is 6.92 Å². The molecule has 1 saturated heterocycles. The van der Waals surface area contributed by atoms with Gasteiger partial charge in [0.2, 0.25) is 5.91 Å². The maximum absolute atomic E-state index is 13.5. The van der Waals surface area contributed by atoms with Crippen LogP contribution in [-0.4, -0.2) is 64.8 Å². The Kier molecular flexibility index (Phi) is 5.37. The van der Waals surface area contributed by atoms with Crippen molar-refractivity contribution >= 4 is 17.8 Å². The first-order chi connectivity index (χ1) is 14.4. The van der Waals surface area contributed by atoms with Crippen LogP contribution < -0.4 is 5.32 Å². The third-order valence-corrected chi connectivity index (χ3v) is 6.18. The van der Waals surface area contributed by atoms with Gasteiger partial charge in [-0.25, -0.2) is 4.79 Å². The first kappa shape index (κ1) is 20.2. The highest BCUT2D eigenvalue weighted by atomic mass is 16.2. The Hall–Kier alpha value is -3.09. The minimum absolute atomic E-state index is 0.0256. The molecule has 3 heterocycles. The molecule has 0 bridgehead atoms. The zero-order valence-corrected chi connectivity index (χ0v) is 17.6. The standard InChI is InChI=1S/C23H28N4O3/c1-4-10-26-18-14-27(16(3)21(28)25-11-5-6-12-25)22(29)19(18)20(24-23(26)30)17-9-7-8-15(2)13-17/h4,7-9,13,16,20H,1,5-6,10-12,14H2,2-3H3,(H,24,30). The van der Waals surface area contributed by atoms with Gasteiger partial charge in [-0.05, 0) is 32.3 Å². The molecule has 0 spiro atoms. The average molecular weight is 409 g/mol. The Morgan fingerprint density at radius 3 is 2.70 bits per heavy atom. The number of carbonyl (C=O) groups is 3. The van der Waals surface area contributed by atoms with Gasteiger partial charge < -0.3 is 15.1 Å². The van der Waals surface area contributed by atoms with Crippen LogP contribution in [0.3, 0.4) is 0 Å². The Labute approximate surface area is 177 Å². The molecule has 1 aromatic rings. The van der Waals surface area contributed by atoms with Crippen molar-refractivity contribution in [1.29, 1.82) is 0 Å². The van der Waals surface area contributed by atoms with Gasteiger partial charge in [0.05, 0.1) is 23.9 Å². The summed E-state index contributed by atoms with van der Waals surface area (Å²) in [5.74, 6) is -0.215. The van der Waals surface area contributed by atoms with E-state index in [-0.39, 0.29) is 24.4 Å². The van der Waals surface area contributed by atoms with Crippen LogP contribution in [0.25, 0.3) is 0 Å². The van der Waals surface area contributed by atoms with Crippen LogP contribution in [0.1, 0.15) is 36.9 Å². The van der Waals surface area contributed by atoms with Crippen molar-refractivity contribution in [3.05, 3.63) is 59.3 Å². The highest BCUT2D eigenvalue weighted by Gasteiger charge is 2.46. The number of hydrogen-bond donors (Lipinski definition) is 1. The Morgan fingerprint density at radius 2 is 2.03 bits per heavy atom. The molecule has 7 heteroatoms. The van der Waals surface area contributed by atoms with Gasteiger partial charge in [-0.1, -0.05) is 35.9 Å². The van der Waals surface area contributed by atoms with Crippen molar-refractivity contribution in [2.75, 3.05) is 26.2 Å². The number of aryl methyl sites for hydroxylation is 1. The predicted octanol–water partition coefficient (Wildman–Crippen LogP) is 2.35. The second kappa shape index (κ2) is 7.97. The molecule has 2 atom stereocenters. The fourth-order valence-electron chi connectivity index (χ4n) is 4.58. The molecule has 4 rings (SSSR count). The third-order valence-electron chi connectivity index (χ3n) is 6.18. The van der Waals surface area contributed by atoms with Gasteiger partial charge >= 0.3 is 6.03 Å². The lowest BCUT2D eigenvalue weighted by Crippen LogP contribution is -2.47. The molecule has 158 valence electrons. The van der Waals surface area contributed by atoms with Gasteiger partial charge in [0, 0.05) is 19.6 Å². The van der Waals surface area contributed by atoms with E-state index >= 15 is 0 Å². The lowest BCUT2D eigenvalue weighted by atomic mass is 9.94. The molecule has 30 heavy (non-hydrogen) atoms. The zero-order valence-electron chi connectivity index (χ0n) is 17.6. The summed E-state index contributed by atoms with van der Waals surface area (Å²) in [4.78, 5) is 44.3. The molecule has 0 aliphatic carbocycles. The summed E-state index contributed by atoms with van der Waals surface area (Å²) in [6.07, 6.45) is 3.65. The van der Waals surface area contributed by atoms with Crippen LogP contribution in [0.15, 0.2) is 48.2 Å². The fraction of sp³-hybridized carbons (Fsp3) is 0.435. The van der Waals surface area contributed by atoms with Crippen LogP contribution in [-0.2, 0) is 9.59 Å². The quantitative estimate of drug-likeness (QED) is 0.760. The second-order valence-corrected chi connectivity index (χ2v) is 8.20. The van der Waals surface area contributed by atoms with E-state index in [4.69, 9.17) is 0 Å². The number of nitrogens with zero attached hydrogens (tertiary/aromatic N) is 3. The van der Waals surface area contributed by atoms with E-state index in [9.17, 15) is 14.4 Å². The molecule has 4 amide bonds. The van der Waals surface area contributed by atoms with Crippen molar-refractivity contribution in [1.82, 2.24) is 20.0 Å². The first-order valence-electron chi connectivity index (χ1n) is 10.5. The largest absolute Gasteiger partial charge is 0.341 e. The molecular weight excluding hydrogens is 380 g/mol. The maximum Gasteiger partial charge on any atom is 0.322 e. The molecule has 7 nitrogen and oxygen atoms in total. The normalized spacial score (nSPS) is 22.3. The monoisotopic (exact) mass is 408 g/mol. The van der Waals surface area contributed by atoms with Gasteiger partial charge in [-0.3, -0.25) is 14.5 Å². The highest BCUT2D eigenvalue weighted by Crippen LogP contribution is 2.37. The van der Waals surface area contributed by atoms with Crippen molar-refractivity contribution in [3.63, 3.8) is 0 Å². The van der Waals surface area contributed by atoms with E-state index < -0.39 is 12.1 Å². The van der Waals surface area contributed by atoms with E-state index in [0.717, 1.165) is 37.1 Å². The van der Waals surface area contributed by atoms with Gasteiger partial charge in [0.25, 0.3) is 5.91 Å². The smallest absolute Gasteiger partial charge is 0.322 e. The van der Waals surface area contributed by atoms with Crippen molar-refractivity contribution in [2.24, 2.45) is 0 Å². The molecule has 0 saturated carbocycles.